The maximum Gasteiger partial charge on any atom is 0.163 e. The van der Waals surface area contributed by atoms with Crippen LogP contribution in [0.1, 0.15) is 0 Å². The SMILES string of the molecule is N#CC(C#N)=C(C#N)Nc1ccc(-n2ccnc2)c(Cl)c1. The molecule has 0 amide bonds. The van der Waals surface area contributed by atoms with Crippen molar-refractivity contribution in [2.75, 3.05) is 5.32 Å². The van der Waals surface area contributed by atoms with Crippen molar-refractivity contribution in [2.24, 2.45) is 0 Å². The minimum atomic E-state index is -0.285. The van der Waals surface area contributed by atoms with E-state index in [1.54, 1.807) is 59.7 Å². The van der Waals surface area contributed by atoms with Gasteiger partial charge in [0.2, 0.25) is 0 Å². The minimum Gasteiger partial charge on any atom is -0.345 e. The van der Waals surface area contributed by atoms with Crippen molar-refractivity contribution in [3.05, 3.63) is 53.2 Å². The first-order chi connectivity index (χ1) is 10.2. The van der Waals surface area contributed by atoms with E-state index < -0.39 is 0 Å². The highest BCUT2D eigenvalue weighted by Gasteiger charge is 2.08. The van der Waals surface area contributed by atoms with Crippen LogP contribution in [0, 0.1) is 34.0 Å². The number of nitrogens with zero attached hydrogens (tertiary/aromatic N) is 5. The van der Waals surface area contributed by atoms with Crippen molar-refractivity contribution < 1.29 is 0 Å². The van der Waals surface area contributed by atoms with Crippen molar-refractivity contribution in [3.8, 4) is 23.9 Å². The molecule has 0 aliphatic carbocycles. The fourth-order valence-corrected chi connectivity index (χ4v) is 1.90. The predicted octanol–water partition coefficient (Wildman–Crippen LogP) is 2.76. The van der Waals surface area contributed by atoms with E-state index in [1.165, 1.54) is 0 Å². The molecule has 6 nitrogen and oxygen atoms in total. The standard InChI is InChI=1S/C14H7ClN6/c15-12-5-11(20-13(8-18)10(6-16)7-17)1-2-14(12)21-4-3-19-9-21/h1-5,9,20H. The molecule has 1 heterocycles. The summed E-state index contributed by atoms with van der Waals surface area (Å²) in [6.45, 7) is 0. The molecule has 100 valence electrons. The lowest BCUT2D eigenvalue weighted by atomic mass is 10.2. The third kappa shape index (κ3) is 3.01. The summed E-state index contributed by atoms with van der Waals surface area (Å²) in [5, 5.41) is 29.7. The molecule has 0 aliphatic rings. The zero-order valence-electron chi connectivity index (χ0n) is 10.6. The molecule has 0 spiro atoms. The van der Waals surface area contributed by atoms with Crippen molar-refractivity contribution in [1.82, 2.24) is 9.55 Å². The number of allylic oxidation sites excluding steroid dienone is 2. The molecular weight excluding hydrogens is 288 g/mol. The van der Waals surface area contributed by atoms with Crippen LogP contribution in [0.5, 0.6) is 0 Å². The number of hydrogen-bond donors (Lipinski definition) is 1. The summed E-state index contributed by atoms with van der Waals surface area (Å²) in [7, 11) is 0. The van der Waals surface area contributed by atoms with Gasteiger partial charge in [-0.15, -0.1) is 0 Å². The number of anilines is 1. The molecule has 1 N–H and O–H groups in total. The average Bonchev–Trinajstić information content (AvgIpc) is 3.01. The first-order valence-corrected chi connectivity index (χ1v) is 6.07. The van der Waals surface area contributed by atoms with Crippen LogP contribution in [0.4, 0.5) is 5.69 Å². The van der Waals surface area contributed by atoms with E-state index in [9.17, 15) is 0 Å². The predicted molar refractivity (Wildman–Crippen MR) is 76.1 cm³/mol. The molecular formula is C14H7ClN6. The normalized spacial score (nSPS) is 9.05. The minimum absolute atomic E-state index is 0.119. The third-order valence-electron chi connectivity index (χ3n) is 2.59. The fourth-order valence-electron chi connectivity index (χ4n) is 1.62. The van der Waals surface area contributed by atoms with E-state index in [4.69, 9.17) is 27.4 Å². The molecule has 0 fully saturated rings. The summed E-state index contributed by atoms with van der Waals surface area (Å²) in [4.78, 5) is 3.94. The van der Waals surface area contributed by atoms with Gasteiger partial charge < -0.3 is 9.88 Å². The smallest absolute Gasteiger partial charge is 0.163 e. The van der Waals surface area contributed by atoms with Gasteiger partial charge in [-0.05, 0) is 18.2 Å². The van der Waals surface area contributed by atoms with Crippen molar-refractivity contribution in [2.45, 2.75) is 0 Å². The lowest BCUT2D eigenvalue weighted by molar-refractivity contribution is 1.06. The van der Waals surface area contributed by atoms with E-state index in [-0.39, 0.29) is 11.3 Å². The van der Waals surface area contributed by atoms with Gasteiger partial charge in [0.25, 0.3) is 0 Å². The van der Waals surface area contributed by atoms with Crippen molar-refractivity contribution in [1.29, 1.82) is 15.8 Å². The molecule has 21 heavy (non-hydrogen) atoms. The topological polar surface area (TPSA) is 101 Å². The first kappa shape index (κ1) is 14.1. The Hall–Kier alpha value is -3.27. The van der Waals surface area contributed by atoms with Gasteiger partial charge in [0.05, 0.1) is 17.0 Å². The maximum absolute atomic E-state index is 8.98. The quantitative estimate of drug-likeness (QED) is 0.877. The van der Waals surface area contributed by atoms with E-state index in [0.29, 0.717) is 10.7 Å². The van der Waals surface area contributed by atoms with E-state index in [1.807, 2.05) is 0 Å². The van der Waals surface area contributed by atoms with Crippen molar-refractivity contribution in [3.63, 3.8) is 0 Å². The lowest BCUT2D eigenvalue weighted by Crippen LogP contribution is -2.01. The fraction of sp³-hybridized carbons (Fsp3) is 0. The van der Waals surface area contributed by atoms with Crippen LogP contribution >= 0.6 is 11.6 Å². The Balaban J connectivity index is 2.35. The monoisotopic (exact) mass is 294 g/mol. The second-order valence-corrected chi connectivity index (χ2v) is 4.25. The molecule has 0 radical (unpaired) electrons. The molecule has 0 bridgehead atoms. The number of aromatic nitrogens is 2. The van der Waals surface area contributed by atoms with Gasteiger partial charge in [-0.1, -0.05) is 11.6 Å². The number of nitriles is 3. The Morgan fingerprint density at radius 1 is 1.19 bits per heavy atom. The maximum atomic E-state index is 8.98. The van der Waals surface area contributed by atoms with Crippen LogP contribution in [-0.4, -0.2) is 9.55 Å². The van der Waals surface area contributed by atoms with Crippen LogP contribution in [-0.2, 0) is 0 Å². The molecule has 1 aromatic heterocycles. The molecule has 0 unspecified atom stereocenters. The van der Waals surface area contributed by atoms with Crippen LogP contribution < -0.4 is 5.32 Å². The number of benzene rings is 1. The van der Waals surface area contributed by atoms with Gasteiger partial charge in [-0.2, -0.15) is 15.8 Å². The first-order valence-electron chi connectivity index (χ1n) is 5.69. The molecule has 7 heteroatoms. The molecule has 0 aliphatic heterocycles. The number of halogens is 1. The molecule has 2 aromatic rings. The highest BCUT2D eigenvalue weighted by Crippen LogP contribution is 2.25. The number of rotatable bonds is 3. The number of imidazole rings is 1. The highest BCUT2D eigenvalue weighted by molar-refractivity contribution is 6.32. The summed E-state index contributed by atoms with van der Waals surface area (Å²) in [5.41, 5.74) is 0.824. The summed E-state index contributed by atoms with van der Waals surface area (Å²) in [5.74, 6) is 0. The largest absolute Gasteiger partial charge is 0.345 e. The molecule has 0 saturated heterocycles. The summed E-state index contributed by atoms with van der Waals surface area (Å²) in [6, 6.07) is 10.1. The zero-order valence-corrected chi connectivity index (χ0v) is 11.3. The Bertz CT molecular complexity index is 799. The van der Waals surface area contributed by atoms with E-state index in [0.717, 1.165) is 5.69 Å². The second kappa shape index (κ2) is 6.25. The highest BCUT2D eigenvalue weighted by atomic mass is 35.5. The molecule has 0 saturated carbocycles. The summed E-state index contributed by atoms with van der Waals surface area (Å²) in [6.07, 6.45) is 4.99. The van der Waals surface area contributed by atoms with Gasteiger partial charge in [0, 0.05) is 18.1 Å². The van der Waals surface area contributed by atoms with Gasteiger partial charge in [-0.3, -0.25) is 0 Å². The molecule has 1 aromatic carbocycles. The van der Waals surface area contributed by atoms with Crippen LogP contribution in [0.3, 0.4) is 0 Å². The average molecular weight is 295 g/mol. The van der Waals surface area contributed by atoms with Gasteiger partial charge in [0.15, 0.2) is 5.57 Å². The van der Waals surface area contributed by atoms with Gasteiger partial charge in [0.1, 0.15) is 23.9 Å². The Morgan fingerprint density at radius 2 is 1.95 bits per heavy atom. The van der Waals surface area contributed by atoms with Crippen LogP contribution in [0.15, 0.2) is 48.2 Å². The van der Waals surface area contributed by atoms with Crippen molar-refractivity contribution >= 4 is 17.3 Å². The lowest BCUT2D eigenvalue weighted by Gasteiger charge is -2.09. The van der Waals surface area contributed by atoms with Gasteiger partial charge in [-0.25, -0.2) is 4.98 Å². The molecule has 2 rings (SSSR count). The Morgan fingerprint density at radius 3 is 2.48 bits per heavy atom. The van der Waals surface area contributed by atoms with Crippen LogP contribution in [0.2, 0.25) is 5.02 Å². The summed E-state index contributed by atoms with van der Waals surface area (Å²) >= 11 is 6.18. The van der Waals surface area contributed by atoms with E-state index >= 15 is 0 Å². The van der Waals surface area contributed by atoms with Gasteiger partial charge >= 0.3 is 0 Å². The number of hydrogen-bond acceptors (Lipinski definition) is 5. The number of nitrogens with one attached hydrogen (secondary N) is 1. The van der Waals surface area contributed by atoms with Crippen LogP contribution in [0.25, 0.3) is 5.69 Å². The molecule has 0 atom stereocenters. The van der Waals surface area contributed by atoms with E-state index in [2.05, 4.69) is 10.3 Å². The zero-order chi connectivity index (χ0) is 15.2. The third-order valence-corrected chi connectivity index (χ3v) is 2.89. The Kier molecular flexibility index (Phi) is 4.21. The Labute approximate surface area is 125 Å². The second-order valence-electron chi connectivity index (χ2n) is 3.85. The summed E-state index contributed by atoms with van der Waals surface area (Å²) < 4.78 is 1.74.